The minimum Gasteiger partial charge on any atom is -0.392 e. The van der Waals surface area contributed by atoms with Gasteiger partial charge in [0.15, 0.2) is 5.82 Å². The third-order valence-electron chi connectivity index (χ3n) is 5.21. The average Bonchev–Trinajstić information content (AvgIpc) is 2.88. The highest BCUT2D eigenvalue weighted by molar-refractivity contribution is 5.03. The van der Waals surface area contributed by atoms with Crippen molar-refractivity contribution >= 4 is 0 Å². The highest BCUT2D eigenvalue weighted by Gasteiger charge is 2.33. The molecule has 3 rings (SSSR count). The highest BCUT2D eigenvalue weighted by atomic mass is 16.5. The minimum atomic E-state index is -0.303. The number of hydrogen-bond donors (Lipinski definition) is 1. The van der Waals surface area contributed by atoms with Gasteiger partial charge in [-0.05, 0) is 43.9 Å². The molecule has 4 nitrogen and oxygen atoms in total. The number of aliphatic hydroxyl groups excluding tert-OH is 1. The van der Waals surface area contributed by atoms with Crippen LogP contribution < -0.4 is 0 Å². The second-order valence-corrected chi connectivity index (χ2v) is 7.39. The molecule has 2 saturated carbocycles. The topological polar surface area (TPSA) is 59.2 Å². The summed E-state index contributed by atoms with van der Waals surface area (Å²) in [4.78, 5) is 4.62. The van der Waals surface area contributed by atoms with Crippen molar-refractivity contribution in [2.24, 2.45) is 5.41 Å². The van der Waals surface area contributed by atoms with Crippen LogP contribution in [0.1, 0.15) is 88.8 Å². The lowest BCUT2D eigenvalue weighted by molar-refractivity contribution is 0.0908. The third-order valence-corrected chi connectivity index (χ3v) is 5.21. The summed E-state index contributed by atoms with van der Waals surface area (Å²) in [5.41, 5.74) is 0.461. The molecule has 0 bridgehead atoms. The Hall–Kier alpha value is -0.900. The Bertz CT molecular complexity index is 445. The first-order valence-corrected chi connectivity index (χ1v) is 8.07. The highest BCUT2D eigenvalue weighted by Crippen LogP contribution is 2.42. The van der Waals surface area contributed by atoms with E-state index >= 15 is 0 Å². The van der Waals surface area contributed by atoms with Crippen LogP contribution in [0.2, 0.25) is 0 Å². The van der Waals surface area contributed by atoms with E-state index in [1.54, 1.807) is 0 Å². The summed E-state index contributed by atoms with van der Waals surface area (Å²) in [6.45, 7) is 4.67. The second kappa shape index (κ2) is 5.47. The molecule has 4 heteroatoms. The van der Waals surface area contributed by atoms with Crippen LogP contribution in [0.25, 0.3) is 0 Å². The molecule has 0 radical (unpaired) electrons. The molecule has 1 heterocycles. The van der Waals surface area contributed by atoms with Crippen LogP contribution in [0, 0.1) is 5.41 Å². The Kier molecular flexibility index (Phi) is 3.85. The molecule has 2 unspecified atom stereocenters. The summed E-state index contributed by atoms with van der Waals surface area (Å²) >= 11 is 0. The molecule has 0 aliphatic heterocycles. The summed E-state index contributed by atoms with van der Waals surface area (Å²) in [5, 5.41) is 14.3. The van der Waals surface area contributed by atoms with Crippen molar-refractivity contribution in [2.75, 3.05) is 0 Å². The lowest BCUT2D eigenvalue weighted by atomic mass is 9.73. The van der Waals surface area contributed by atoms with Crippen LogP contribution in [0.5, 0.6) is 0 Å². The first-order chi connectivity index (χ1) is 9.55. The molecule has 1 aromatic rings. The van der Waals surface area contributed by atoms with Gasteiger partial charge in [0.25, 0.3) is 0 Å². The maximum atomic E-state index is 10.1. The maximum Gasteiger partial charge on any atom is 0.232 e. The van der Waals surface area contributed by atoms with Crippen molar-refractivity contribution in [2.45, 2.75) is 83.2 Å². The van der Waals surface area contributed by atoms with E-state index in [0.29, 0.717) is 17.2 Å². The van der Waals surface area contributed by atoms with Gasteiger partial charge in [0.05, 0.1) is 12.0 Å². The summed E-state index contributed by atoms with van der Waals surface area (Å²) in [6, 6.07) is 0. The van der Waals surface area contributed by atoms with E-state index in [2.05, 4.69) is 24.0 Å². The zero-order valence-corrected chi connectivity index (χ0v) is 12.6. The lowest BCUT2D eigenvalue weighted by Crippen LogP contribution is -2.23. The van der Waals surface area contributed by atoms with Crippen molar-refractivity contribution in [1.82, 2.24) is 10.1 Å². The largest absolute Gasteiger partial charge is 0.392 e. The van der Waals surface area contributed by atoms with Gasteiger partial charge in [-0.1, -0.05) is 31.8 Å². The van der Waals surface area contributed by atoms with Crippen LogP contribution in [-0.4, -0.2) is 21.4 Å². The van der Waals surface area contributed by atoms with Crippen LogP contribution in [0.4, 0.5) is 0 Å². The first-order valence-electron chi connectivity index (χ1n) is 8.07. The van der Waals surface area contributed by atoms with Gasteiger partial charge in [-0.3, -0.25) is 0 Å². The molecule has 2 aliphatic rings. The number of hydrogen-bond acceptors (Lipinski definition) is 4. The number of rotatable bonds is 2. The van der Waals surface area contributed by atoms with Gasteiger partial charge >= 0.3 is 0 Å². The van der Waals surface area contributed by atoms with Crippen molar-refractivity contribution in [3.8, 4) is 0 Å². The fraction of sp³-hybridized carbons (Fsp3) is 0.875. The summed E-state index contributed by atoms with van der Waals surface area (Å²) in [5.74, 6) is 2.04. The Labute approximate surface area is 121 Å². The third kappa shape index (κ3) is 2.90. The van der Waals surface area contributed by atoms with Crippen LogP contribution in [0.3, 0.4) is 0 Å². The van der Waals surface area contributed by atoms with Gasteiger partial charge in [0.2, 0.25) is 5.89 Å². The van der Waals surface area contributed by atoms with Gasteiger partial charge in [-0.25, -0.2) is 0 Å². The average molecular weight is 278 g/mol. The fourth-order valence-corrected chi connectivity index (χ4v) is 3.62. The van der Waals surface area contributed by atoms with Crippen molar-refractivity contribution in [1.29, 1.82) is 0 Å². The smallest absolute Gasteiger partial charge is 0.232 e. The number of aromatic nitrogens is 2. The van der Waals surface area contributed by atoms with E-state index in [9.17, 15) is 5.11 Å². The van der Waals surface area contributed by atoms with E-state index in [4.69, 9.17) is 4.52 Å². The van der Waals surface area contributed by atoms with Gasteiger partial charge in [-0.15, -0.1) is 0 Å². The van der Waals surface area contributed by atoms with Crippen molar-refractivity contribution in [3.05, 3.63) is 11.7 Å². The van der Waals surface area contributed by atoms with Crippen molar-refractivity contribution in [3.63, 3.8) is 0 Å². The Morgan fingerprint density at radius 1 is 1.10 bits per heavy atom. The molecule has 112 valence electrons. The molecule has 2 aliphatic carbocycles. The monoisotopic (exact) mass is 278 g/mol. The molecule has 0 aromatic carbocycles. The van der Waals surface area contributed by atoms with E-state index in [-0.39, 0.29) is 12.0 Å². The van der Waals surface area contributed by atoms with Crippen LogP contribution in [-0.2, 0) is 0 Å². The Balaban J connectivity index is 1.68. The lowest BCUT2D eigenvalue weighted by Gasteiger charge is -2.32. The molecule has 20 heavy (non-hydrogen) atoms. The van der Waals surface area contributed by atoms with Crippen molar-refractivity contribution < 1.29 is 9.63 Å². The quantitative estimate of drug-likeness (QED) is 0.894. The molecule has 1 aromatic heterocycles. The Morgan fingerprint density at radius 2 is 1.80 bits per heavy atom. The zero-order valence-electron chi connectivity index (χ0n) is 12.6. The maximum absolute atomic E-state index is 10.1. The molecule has 0 saturated heterocycles. The van der Waals surface area contributed by atoms with E-state index in [1.165, 1.54) is 12.8 Å². The molecular formula is C16H26N2O2. The molecule has 2 atom stereocenters. The Morgan fingerprint density at radius 3 is 2.50 bits per heavy atom. The SMILES string of the molecule is CC1(C)CCC(c2noc(C3CCCCC3O)n2)CC1. The van der Waals surface area contributed by atoms with E-state index < -0.39 is 0 Å². The number of nitrogens with zero attached hydrogens (tertiary/aromatic N) is 2. The molecule has 2 fully saturated rings. The van der Waals surface area contributed by atoms with Crippen LogP contribution in [0.15, 0.2) is 4.52 Å². The van der Waals surface area contributed by atoms with Gasteiger partial charge in [0.1, 0.15) is 0 Å². The first kappa shape index (κ1) is 14.1. The van der Waals surface area contributed by atoms with Gasteiger partial charge < -0.3 is 9.63 Å². The van der Waals surface area contributed by atoms with E-state index in [0.717, 1.165) is 44.3 Å². The predicted molar refractivity (Wildman–Crippen MR) is 76.5 cm³/mol. The summed E-state index contributed by atoms with van der Waals surface area (Å²) < 4.78 is 5.46. The van der Waals surface area contributed by atoms with Crippen LogP contribution >= 0.6 is 0 Å². The van der Waals surface area contributed by atoms with Gasteiger partial charge in [0, 0.05) is 5.92 Å². The zero-order chi connectivity index (χ0) is 14.2. The number of aliphatic hydroxyl groups is 1. The van der Waals surface area contributed by atoms with E-state index in [1.807, 2.05) is 0 Å². The fourth-order valence-electron chi connectivity index (χ4n) is 3.62. The standard InChI is InChI=1S/C16H26N2O2/c1-16(2)9-7-11(8-10-16)14-17-15(20-18-14)12-5-3-4-6-13(12)19/h11-13,19H,3-10H2,1-2H3. The van der Waals surface area contributed by atoms with Gasteiger partial charge in [-0.2, -0.15) is 4.98 Å². The molecular weight excluding hydrogens is 252 g/mol. The summed E-state index contributed by atoms with van der Waals surface area (Å²) in [6.07, 6.45) is 8.55. The second-order valence-electron chi connectivity index (χ2n) is 7.39. The molecule has 0 spiro atoms. The molecule has 1 N–H and O–H groups in total. The molecule has 0 amide bonds. The predicted octanol–water partition coefficient (Wildman–Crippen LogP) is 3.77. The minimum absolute atomic E-state index is 0.0602. The summed E-state index contributed by atoms with van der Waals surface area (Å²) in [7, 11) is 0. The normalized spacial score (nSPS) is 31.4.